The van der Waals surface area contributed by atoms with Crippen molar-refractivity contribution in [1.29, 1.82) is 0 Å². The Morgan fingerprint density at radius 1 is 0.875 bits per heavy atom. The third kappa shape index (κ3) is 3.27. The molecular formula is C20H20N4. The van der Waals surface area contributed by atoms with E-state index in [-0.39, 0.29) is 0 Å². The molecule has 4 rings (SSSR count). The van der Waals surface area contributed by atoms with E-state index in [9.17, 15) is 0 Å². The highest BCUT2D eigenvalue weighted by molar-refractivity contribution is 5.71. The first kappa shape index (κ1) is 14.8. The summed E-state index contributed by atoms with van der Waals surface area (Å²) in [5, 5.41) is 3.45. The number of hydrogen-bond donors (Lipinski definition) is 1. The lowest BCUT2D eigenvalue weighted by atomic mass is 10.0. The Morgan fingerprint density at radius 3 is 2.38 bits per heavy atom. The number of anilines is 1. The average molecular weight is 316 g/mol. The van der Waals surface area contributed by atoms with Crippen LogP contribution in [0.1, 0.15) is 24.2 Å². The van der Waals surface area contributed by atoms with Crippen LogP contribution in [-0.4, -0.2) is 21.0 Å². The monoisotopic (exact) mass is 316 g/mol. The van der Waals surface area contributed by atoms with Crippen LogP contribution in [0.3, 0.4) is 0 Å². The zero-order valence-corrected chi connectivity index (χ0v) is 14.0. The molecule has 0 aliphatic heterocycles. The Morgan fingerprint density at radius 2 is 1.62 bits per heavy atom. The number of pyridine rings is 1. The van der Waals surface area contributed by atoms with Crippen LogP contribution in [0.2, 0.25) is 0 Å². The summed E-state index contributed by atoms with van der Waals surface area (Å²) in [7, 11) is 0. The molecule has 0 unspecified atom stereocenters. The van der Waals surface area contributed by atoms with Gasteiger partial charge in [0, 0.05) is 35.6 Å². The van der Waals surface area contributed by atoms with E-state index >= 15 is 0 Å². The maximum absolute atomic E-state index is 4.59. The van der Waals surface area contributed by atoms with Gasteiger partial charge >= 0.3 is 0 Å². The minimum atomic E-state index is 0.573. The van der Waals surface area contributed by atoms with Crippen LogP contribution >= 0.6 is 0 Å². The molecule has 1 aliphatic carbocycles. The van der Waals surface area contributed by atoms with Crippen molar-refractivity contribution in [3.05, 3.63) is 60.2 Å². The van der Waals surface area contributed by atoms with Gasteiger partial charge in [0.1, 0.15) is 11.6 Å². The van der Waals surface area contributed by atoms with E-state index in [4.69, 9.17) is 0 Å². The summed E-state index contributed by atoms with van der Waals surface area (Å²) in [6, 6.07) is 13.2. The first-order valence-corrected chi connectivity index (χ1v) is 8.32. The molecule has 1 aromatic carbocycles. The van der Waals surface area contributed by atoms with E-state index in [1.165, 1.54) is 18.4 Å². The standard InChI is InChI=1S/C20H20N4/c1-13-3-5-15(6-4-13)16-9-17(12-21-11-16)19-10-20(23-14(2)22-19)24-18-7-8-18/h3-6,9-12,18H,7-8H2,1-2H3,(H,22,23,24). The summed E-state index contributed by atoms with van der Waals surface area (Å²) in [5.41, 5.74) is 5.44. The molecule has 2 aromatic heterocycles. The fourth-order valence-corrected chi connectivity index (χ4v) is 2.71. The van der Waals surface area contributed by atoms with Crippen LogP contribution in [0.5, 0.6) is 0 Å². The van der Waals surface area contributed by atoms with Crippen molar-refractivity contribution in [2.24, 2.45) is 0 Å². The lowest BCUT2D eigenvalue weighted by Gasteiger charge is -2.09. The Hall–Kier alpha value is -2.75. The highest BCUT2D eigenvalue weighted by Crippen LogP contribution is 2.28. The fraction of sp³-hybridized carbons (Fsp3) is 0.250. The molecular weight excluding hydrogens is 296 g/mol. The first-order chi connectivity index (χ1) is 11.7. The molecule has 0 radical (unpaired) electrons. The molecule has 0 atom stereocenters. The lowest BCUT2D eigenvalue weighted by molar-refractivity contribution is 1.02. The summed E-state index contributed by atoms with van der Waals surface area (Å²) in [5.74, 6) is 1.68. The number of aromatic nitrogens is 3. The Labute approximate surface area is 142 Å². The molecule has 4 heteroatoms. The minimum Gasteiger partial charge on any atom is -0.367 e. The molecule has 0 bridgehead atoms. The van der Waals surface area contributed by atoms with Crippen LogP contribution in [-0.2, 0) is 0 Å². The molecule has 1 N–H and O–H groups in total. The molecule has 0 amide bonds. The van der Waals surface area contributed by atoms with Crippen LogP contribution < -0.4 is 5.32 Å². The van der Waals surface area contributed by atoms with Crippen molar-refractivity contribution in [2.75, 3.05) is 5.32 Å². The second kappa shape index (κ2) is 6.04. The van der Waals surface area contributed by atoms with Crippen molar-refractivity contribution >= 4 is 5.82 Å². The molecule has 1 aliphatic rings. The summed E-state index contributed by atoms with van der Waals surface area (Å²) in [6.45, 7) is 4.02. The average Bonchev–Trinajstić information content (AvgIpc) is 3.39. The highest BCUT2D eigenvalue weighted by atomic mass is 15.1. The molecule has 24 heavy (non-hydrogen) atoms. The number of aryl methyl sites for hydroxylation is 2. The third-order valence-electron chi connectivity index (χ3n) is 4.19. The van der Waals surface area contributed by atoms with Crippen LogP contribution in [0.25, 0.3) is 22.4 Å². The highest BCUT2D eigenvalue weighted by Gasteiger charge is 2.21. The zero-order chi connectivity index (χ0) is 16.5. The molecule has 4 nitrogen and oxygen atoms in total. The summed E-state index contributed by atoms with van der Waals surface area (Å²) in [6.07, 6.45) is 6.21. The van der Waals surface area contributed by atoms with E-state index in [0.29, 0.717) is 6.04 Å². The van der Waals surface area contributed by atoms with Crippen molar-refractivity contribution in [3.8, 4) is 22.4 Å². The molecule has 3 aromatic rings. The van der Waals surface area contributed by atoms with Gasteiger partial charge in [-0.25, -0.2) is 9.97 Å². The second-order valence-electron chi connectivity index (χ2n) is 6.43. The van der Waals surface area contributed by atoms with Gasteiger partial charge < -0.3 is 5.32 Å². The van der Waals surface area contributed by atoms with E-state index in [1.54, 1.807) is 0 Å². The molecule has 1 fully saturated rings. The predicted octanol–water partition coefficient (Wildman–Crippen LogP) is 4.40. The van der Waals surface area contributed by atoms with Crippen molar-refractivity contribution < 1.29 is 0 Å². The Bertz CT molecular complexity index is 867. The molecule has 120 valence electrons. The van der Waals surface area contributed by atoms with Gasteiger partial charge in [-0.1, -0.05) is 29.8 Å². The normalized spacial score (nSPS) is 13.8. The van der Waals surface area contributed by atoms with E-state index in [1.807, 2.05) is 25.4 Å². The Kier molecular flexibility index (Phi) is 3.73. The van der Waals surface area contributed by atoms with Crippen molar-refractivity contribution in [2.45, 2.75) is 32.7 Å². The quantitative estimate of drug-likeness (QED) is 0.775. The molecule has 1 saturated carbocycles. The summed E-state index contributed by atoms with van der Waals surface area (Å²) >= 11 is 0. The molecule has 0 saturated heterocycles. The van der Waals surface area contributed by atoms with Gasteiger partial charge in [-0.2, -0.15) is 0 Å². The topological polar surface area (TPSA) is 50.7 Å². The first-order valence-electron chi connectivity index (χ1n) is 8.32. The number of hydrogen-bond acceptors (Lipinski definition) is 4. The number of benzene rings is 1. The van der Waals surface area contributed by atoms with Crippen LogP contribution in [0.4, 0.5) is 5.82 Å². The third-order valence-corrected chi connectivity index (χ3v) is 4.19. The van der Waals surface area contributed by atoms with Gasteiger partial charge in [-0.05, 0) is 38.3 Å². The SMILES string of the molecule is Cc1ccc(-c2cncc(-c3cc(NC4CC4)nc(C)n3)c2)cc1. The van der Waals surface area contributed by atoms with Crippen LogP contribution in [0.15, 0.2) is 48.8 Å². The molecule has 0 spiro atoms. The van der Waals surface area contributed by atoms with Crippen molar-refractivity contribution in [3.63, 3.8) is 0 Å². The smallest absolute Gasteiger partial charge is 0.130 e. The summed E-state index contributed by atoms with van der Waals surface area (Å²) in [4.78, 5) is 13.5. The van der Waals surface area contributed by atoms with Gasteiger partial charge in [-0.15, -0.1) is 0 Å². The van der Waals surface area contributed by atoms with Gasteiger partial charge in [0.15, 0.2) is 0 Å². The lowest BCUT2D eigenvalue weighted by Crippen LogP contribution is -2.05. The largest absolute Gasteiger partial charge is 0.367 e. The van der Waals surface area contributed by atoms with Crippen LogP contribution in [0, 0.1) is 13.8 Å². The maximum Gasteiger partial charge on any atom is 0.130 e. The van der Waals surface area contributed by atoms with Gasteiger partial charge in [0.25, 0.3) is 0 Å². The van der Waals surface area contributed by atoms with E-state index < -0.39 is 0 Å². The number of rotatable bonds is 4. The maximum atomic E-state index is 4.59. The number of nitrogens with one attached hydrogen (secondary N) is 1. The van der Waals surface area contributed by atoms with E-state index in [0.717, 1.165) is 34.0 Å². The second-order valence-corrected chi connectivity index (χ2v) is 6.43. The summed E-state index contributed by atoms with van der Waals surface area (Å²) < 4.78 is 0. The van der Waals surface area contributed by atoms with E-state index in [2.05, 4.69) is 57.5 Å². The minimum absolute atomic E-state index is 0.573. The van der Waals surface area contributed by atoms with Crippen molar-refractivity contribution in [1.82, 2.24) is 15.0 Å². The Balaban J connectivity index is 1.70. The zero-order valence-electron chi connectivity index (χ0n) is 14.0. The van der Waals surface area contributed by atoms with Gasteiger partial charge in [-0.3, -0.25) is 4.98 Å². The predicted molar refractivity (Wildman–Crippen MR) is 96.8 cm³/mol. The fourth-order valence-electron chi connectivity index (χ4n) is 2.71. The number of nitrogens with zero attached hydrogens (tertiary/aromatic N) is 3. The van der Waals surface area contributed by atoms with Gasteiger partial charge in [0.2, 0.25) is 0 Å². The van der Waals surface area contributed by atoms with Gasteiger partial charge in [0.05, 0.1) is 5.69 Å². The molecule has 2 heterocycles.